The lowest BCUT2D eigenvalue weighted by Gasteiger charge is -2.20. The van der Waals surface area contributed by atoms with Crippen molar-refractivity contribution in [1.29, 1.82) is 0 Å². The quantitative estimate of drug-likeness (QED) is 0.453. The maximum Gasteiger partial charge on any atom is 0.334 e. The van der Waals surface area contributed by atoms with Gasteiger partial charge in [0.15, 0.2) is 0 Å². The molecule has 1 aliphatic rings. The van der Waals surface area contributed by atoms with Crippen molar-refractivity contribution in [2.24, 2.45) is 11.7 Å². The Balaban J connectivity index is 2.21. The summed E-state index contributed by atoms with van der Waals surface area (Å²) in [5.74, 6) is -1.85. The highest BCUT2D eigenvalue weighted by Crippen LogP contribution is 2.22. The molecule has 1 aliphatic heterocycles. The molecule has 0 bridgehead atoms. The first-order chi connectivity index (χ1) is 9.32. The molecule has 8 heteroatoms. The van der Waals surface area contributed by atoms with Gasteiger partial charge in [-0.05, 0) is 32.2 Å². The number of hydrogen-bond donors (Lipinski definition) is 3. The second kappa shape index (κ2) is 7.84. The summed E-state index contributed by atoms with van der Waals surface area (Å²) < 4.78 is 25.1. The predicted octanol–water partition coefficient (Wildman–Crippen LogP) is 0.594. The molecular formula is C12H22F2N3O2P. The number of alkyl halides is 2. The molecule has 4 N–H and O–H groups in total. The van der Waals surface area contributed by atoms with E-state index >= 15 is 0 Å². The number of rotatable bonds is 8. The third-order valence-electron chi connectivity index (χ3n) is 3.48. The second-order valence-electron chi connectivity index (χ2n) is 5.09. The Labute approximate surface area is 119 Å². The molecule has 0 aromatic heterocycles. The van der Waals surface area contributed by atoms with Crippen molar-refractivity contribution >= 4 is 21.1 Å². The summed E-state index contributed by atoms with van der Waals surface area (Å²) in [5, 5.41) is 5.40. The van der Waals surface area contributed by atoms with Gasteiger partial charge in [-0.15, -0.1) is 0 Å². The van der Waals surface area contributed by atoms with Crippen LogP contribution in [0.15, 0.2) is 0 Å². The molecule has 0 aromatic rings. The molecule has 3 atom stereocenters. The molecule has 0 saturated carbocycles. The maximum absolute atomic E-state index is 12.5. The molecule has 3 unspecified atom stereocenters. The molecule has 5 nitrogen and oxygen atoms in total. The monoisotopic (exact) mass is 309 g/mol. The van der Waals surface area contributed by atoms with Crippen LogP contribution in [0.3, 0.4) is 0 Å². The van der Waals surface area contributed by atoms with Crippen LogP contribution in [0.25, 0.3) is 0 Å². The number of halogens is 2. The first-order valence-electron chi connectivity index (χ1n) is 6.80. The van der Waals surface area contributed by atoms with E-state index in [9.17, 15) is 18.4 Å². The van der Waals surface area contributed by atoms with Crippen LogP contribution in [0.4, 0.5) is 8.78 Å². The van der Waals surface area contributed by atoms with E-state index in [0.717, 1.165) is 19.4 Å². The third-order valence-corrected chi connectivity index (χ3v) is 3.74. The lowest BCUT2D eigenvalue weighted by Crippen LogP contribution is -2.39. The number of primary amides is 1. The topological polar surface area (TPSA) is 84.2 Å². The number of nitrogens with two attached hydrogens (primary N) is 1. The zero-order chi connectivity index (χ0) is 15.2. The van der Waals surface area contributed by atoms with Gasteiger partial charge in [-0.25, -0.2) is 0 Å². The van der Waals surface area contributed by atoms with Gasteiger partial charge in [-0.3, -0.25) is 9.59 Å². The highest BCUT2D eigenvalue weighted by Gasteiger charge is 2.32. The van der Waals surface area contributed by atoms with Gasteiger partial charge >= 0.3 is 5.66 Å². The van der Waals surface area contributed by atoms with E-state index in [1.165, 1.54) is 9.24 Å². The summed E-state index contributed by atoms with van der Waals surface area (Å²) in [5.41, 5.74) is 1.96. The SMILES string of the molecule is NC(=O)C(CCCCNC(=O)C(F)(F)P)C1CCCN1. The predicted molar refractivity (Wildman–Crippen MR) is 75.2 cm³/mol. The van der Waals surface area contributed by atoms with E-state index in [1.54, 1.807) is 0 Å². The molecule has 2 amide bonds. The van der Waals surface area contributed by atoms with Gasteiger partial charge in [0, 0.05) is 12.6 Å². The average molecular weight is 309 g/mol. The largest absolute Gasteiger partial charge is 0.369 e. The average Bonchev–Trinajstić information content (AvgIpc) is 2.85. The first kappa shape index (κ1) is 17.2. The summed E-state index contributed by atoms with van der Waals surface area (Å²) in [6.45, 7) is 1.07. The smallest absolute Gasteiger partial charge is 0.334 e. The van der Waals surface area contributed by atoms with Crippen LogP contribution in [0.2, 0.25) is 0 Å². The molecule has 116 valence electrons. The number of amides is 2. The number of carbonyl (C=O) groups excluding carboxylic acids is 2. The Morgan fingerprint density at radius 1 is 1.45 bits per heavy atom. The molecule has 0 spiro atoms. The Hall–Kier alpha value is -0.810. The molecule has 0 aromatic carbocycles. The van der Waals surface area contributed by atoms with E-state index in [-0.39, 0.29) is 24.4 Å². The molecule has 20 heavy (non-hydrogen) atoms. The van der Waals surface area contributed by atoms with Crippen LogP contribution in [-0.4, -0.2) is 36.6 Å². The van der Waals surface area contributed by atoms with Crippen molar-refractivity contribution in [2.45, 2.75) is 43.8 Å². The minimum Gasteiger partial charge on any atom is -0.369 e. The third kappa shape index (κ3) is 5.67. The number of nitrogens with one attached hydrogen (secondary N) is 2. The lowest BCUT2D eigenvalue weighted by atomic mass is 9.92. The molecule has 0 aliphatic carbocycles. The van der Waals surface area contributed by atoms with E-state index in [2.05, 4.69) is 10.6 Å². The van der Waals surface area contributed by atoms with E-state index in [1.807, 2.05) is 0 Å². The molecule has 1 heterocycles. The van der Waals surface area contributed by atoms with E-state index in [0.29, 0.717) is 19.3 Å². The van der Waals surface area contributed by atoms with Crippen LogP contribution in [0.1, 0.15) is 32.1 Å². The Morgan fingerprint density at radius 3 is 2.65 bits per heavy atom. The van der Waals surface area contributed by atoms with Gasteiger partial charge in [0.25, 0.3) is 5.91 Å². The molecule has 1 rings (SSSR count). The fourth-order valence-corrected chi connectivity index (χ4v) is 2.51. The van der Waals surface area contributed by atoms with Crippen molar-refractivity contribution < 1.29 is 18.4 Å². The van der Waals surface area contributed by atoms with Crippen molar-refractivity contribution in [1.82, 2.24) is 10.6 Å². The summed E-state index contributed by atoms with van der Waals surface area (Å²) in [4.78, 5) is 22.3. The molecule has 0 radical (unpaired) electrons. The fourth-order valence-electron chi connectivity index (χ4n) is 2.41. The van der Waals surface area contributed by atoms with Crippen LogP contribution in [0, 0.1) is 5.92 Å². The summed E-state index contributed by atoms with van der Waals surface area (Å²) in [6.07, 6.45) is 3.79. The van der Waals surface area contributed by atoms with Gasteiger partial charge in [-0.2, -0.15) is 8.78 Å². The summed E-state index contributed by atoms with van der Waals surface area (Å²) in [6, 6.07) is 0.124. The minimum atomic E-state index is -3.43. The first-order valence-corrected chi connectivity index (χ1v) is 7.38. The van der Waals surface area contributed by atoms with Crippen LogP contribution >= 0.6 is 9.24 Å². The number of hydrogen-bond acceptors (Lipinski definition) is 3. The zero-order valence-corrected chi connectivity index (χ0v) is 12.5. The van der Waals surface area contributed by atoms with E-state index in [4.69, 9.17) is 5.73 Å². The summed E-state index contributed by atoms with van der Waals surface area (Å²) in [7, 11) is 1.20. The minimum absolute atomic E-state index is 0.124. The molecule has 1 fully saturated rings. The highest BCUT2D eigenvalue weighted by atomic mass is 31.0. The van der Waals surface area contributed by atoms with E-state index < -0.39 is 11.6 Å². The van der Waals surface area contributed by atoms with Crippen LogP contribution < -0.4 is 16.4 Å². The van der Waals surface area contributed by atoms with Gasteiger partial charge in [0.2, 0.25) is 5.91 Å². The van der Waals surface area contributed by atoms with Gasteiger partial charge in [-0.1, -0.05) is 15.7 Å². The van der Waals surface area contributed by atoms with Crippen molar-refractivity contribution in [3.63, 3.8) is 0 Å². The number of carbonyl (C=O) groups is 2. The van der Waals surface area contributed by atoms with Crippen molar-refractivity contribution in [2.75, 3.05) is 13.1 Å². The van der Waals surface area contributed by atoms with Crippen LogP contribution in [-0.2, 0) is 9.59 Å². The van der Waals surface area contributed by atoms with Gasteiger partial charge in [0.1, 0.15) is 0 Å². The van der Waals surface area contributed by atoms with Crippen molar-refractivity contribution in [3.05, 3.63) is 0 Å². The lowest BCUT2D eigenvalue weighted by molar-refractivity contribution is -0.135. The highest BCUT2D eigenvalue weighted by molar-refractivity contribution is 7.20. The Morgan fingerprint density at radius 2 is 2.15 bits per heavy atom. The Kier molecular flexibility index (Phi) is 6.76. The summed E-state index contributed by atoms with van der Waals surface area (Å²) >= 11 is 0. The molecule has 1 saturated heterocycles. The standard InChI is InChI=1S/C12H22F2N3O2P/c13-12(14,20)11(19)17-6-2-1-4-8(10(15)18)9-5-3-7-16-9/h8-9,16H,1-7,20H2,(H2,15,18)(H,17,19). The Bertz CT molecular complexity index is 344. The number of unbranched alkanes of at least 4 members (excludes halogenated alkanes) is 1. The normalized spacial score (nSPS) is 20.6. The van der Waals surface area contributed by atoms with Gasteiger partial charge in [0.05, 0.1) is 5.92 Å². The maximum atomic E-state index is 12.5. The van der Waals surface area contributed by atoms with Crippen LogP contribution in [0.5, 0.6) is 0 Å². The van der Waals surface area contributed by atoms with Crippen molar-refractivity contribution in [3.8, 4) is 0 Å². The fraction of sp³-hybridized carbons (Fsp3) is 0.833. The zero-order valence-electron chi connectivity index (χ0n) is 11.3. The molecular weight excluding hydrogens is 287 g/mol. The second-order valence-corrected chi connectivity index (χ2v) is 5.81. The van der Waals surface area contributed by atoms with Gasteiger partial charge < -0.3 is 16.4 Å².